The fourth-order valence-corrected chi connectivity index (χ4v) is 2.31. The molecule has 0 spiro atoms. The number of ether oxygens (including phenoxy) is 3. The Morgan fingerprint density at radius 2 is 1.85 bits per heavy atom. The van der Waals surface area contributed by atoms with E-state index in [4.69, 9.17) is 21.7 Å². The molecule has 9 heteroatoms. The van der Waals surface area contributed by atoms with Gasteiger partial charge in [0, 0.05) is 17.3 Å². The van der Waals surface area contributed by atoms with Crippen LogP contribution in [0.3, 0.4) is 0 Å². The molecule has 0 amide bonds. The van der Waals surface area contributed by atoms with Crippen LogP contribution in [0.25, 0.3) is 0 Å². The molecule has 0 radical (unpaired) electrons. The van der Waals surface area contributed by atoms with Crippen molar-refractivity contribution in [1.82, 2.24) is 5.43 Å². The largest absolute Gasteiger partial charge is 0.497 e. The van der Waals surface area contributed by atoms with Gasteiger partial charge in [-0.3, -0.25) is 5.43 Å². The summed E-state index contributed by atoms with van der Waals surface area (Å²) in [4.78, 5) is 0. The normalized spacial score (nSPS) is 11.1. The van der Waals surface area contributed by atoms with Crippen LogP contribution >= 0.6 is 12.2 Å². The number of nitrogens with one attached hydrogen (secondary N) is 2. The molecule has 2 rings (SSSR count). The summed E-state index contributed by atoms with van der Waals surface area (Å²) in [5.41, 5.74) is 4.71. The lowest BCUT2D eigenvalue weighted by Crippen LogP contribution is -2.25. The Morgan fingerprint density at radius 3 is 2.52 bits per heavy atom. The smallest absolute Gasteiger partial charge is 0.387 e. The predicted octanol–water partition coefficient (Wildman–Crippen LogP) is 4.02. The minimum Gasteiger partial charge on any atom is -0.497 e. The van der Waals surface area contributed by atoms with Gasteiger partial charge in [-0.05, 0) is 49.5 Å². The summed E-state index contributed by atoms with van der Waals surface area (Å²) in [6, 6.07) is 11.8. The second-order valence-corrected chi connectivity index (χ2v) is 5.65. The van der Waals surface area contributed by atoms with E-state index in [1.165, 1.54) is 13.2 Å². The number of benzene rings is 2. The van der Waals surface area contributed by atoms with Crippen molar-refractivity contribution in [2.75, 3.05) is 19.5 Å². The van der Waals surface area contributed by atoms with E-state index in [1.54, 1.807) is 32.2 Å². The summed E-state index contributed by atoms with van der Waals surface area (Å²) >= 11 is 5.20. The van der Waals surface area contributed by atoms with E-state index in [-0.39, 0.29) is 16.6 Å². The Labute approximate surface area is 161 Å². The van der Waals surface area contributed by atoms with Gasteiger partial charge in [-0.15, -0.1) is 0 Å². The second-order valence-electron chi connectivity index (χ2n) is 5.24. The van der Waals surface area contributed by atoms with Crippen LogP contribution in [-0.4, -0.2) is 31.7 Å². The van der Waals surface area contributed by atoms with Crippen LogP contribution < -0.4 is 25.0 Å². The zero-order chi connectivity index (χ0) is 19.8. The molecular formula is C18H19F2N3O3S. The Kier molecular flexibility index (Phi) is 7.30. The predicted molar refractivity (Wildman–Crippen MR) is 104 cm³/mol. The average Bonchev–Trinajstić information content (AvgIpc) is 2.66. The summed E-state index contributed by atoms with van der Waals surface area (Å²) in [6.07, 6.45) is 0. The molecule has 0 bridgehead atoms. The lowest BCUT2D eigenvalue weighted by Gasteiger charge is -2.12. The quantitative estimate of drug-likeness (QED) is 0.420. The number of hydrogen-bond donors (Lipinski definition) is 2. The van der Waals surface area contributed by atoms with E-state index in [9.17, 15) is 8.78 Å². The first-order chi connectivity index (χ1) is 12.9. The number of anilines is 1. The molecule has 144 valence electrons. The maximum atomic E-state index is 12.4. The molecule has 6 nitrogen and oxygen atoms in total. The number of halogens is 2. The van der Waals surface area contributed by atoms with Gasteiger partial charge in [0.1, 0.15) is 5.75 Å². The van der Waals surface area contributed by atoms with E-state index in [1.807, 2.05) is 18.2 Å². The van der Waals surface area contributed by atoms with E-state index < -0.39 is 6.61 Å². The first-order valence-electron chi connectivity index (χ1n) is 7.81. The van der Waals surface area contributed by atoms with Crippen molar-refractivity contribution in [3.05, 3.63) is 48.0 Å². The van der Waals surface area contributed by atoms with Crippen LogP contribution in [0.15, 0.2) is 47.6 Å². The first kappa shape index (κ1) is 20.4. The Bertz CT molecular complexity index is 831. The van der Waals surface area contributed by atoms with Crippen LogP contribution in [0, 0.1) is 0 Å². The van der Waals surface area contributed by atoms with Crippen molar-refractivity contribution in [1.29, 1.82) is 0 Å². The molecule has 27 heavy (non-hydrogen) atoms. The topological polar surface area (TPSA) is 64.1 Å². The number of hydrogen-bond acceptors (Lipinski definition) is 5. The molecule has 0 aromatic heterocycles. The number of thiocarbonyl (C=S) groups is 1. The van der Waals surface area contributed by atoms with Gasteiger partial charge in [-0.2, -0.15) is 13.9 Å². The lowest BCUT2D eigenvalue weighted by molar-refractivity contribution is -0.0512. The molecule has 2 aromatic rings. The SMILES string of the molecule is COc1cccc(NC(=S)N/N=C(/C)c2ccc(OC(F)F)c(OC)c2)c1. The zero-order valence-electron chi connectivity index (χ0n) is 15.0. The maximum Gasteiger partial charge on any atom is 0.387 e. The van der Waals surface area contributed by atoms with Gasteiger partial charge in [0.05, 0.1) is 19.9 Å². The molecule has 0 aliphatic carbocycles. The summed E-state index contributed by atoms with van der Waals surface area (Å²) in [5.74, 6) is 0.826. The van der Waals surface area contributed by atoms with Crippen LogP contribution in [-0.2, 0) is 0 Å². The minimum absolute atomic E-state index is 0.0489. The Balaban J connectivity index is 2.04. The molecule has 0 fully saturated rings. The van der Waals surface area contributed by atoms with Gasteiger partial charge in [0.25, 0.3) is 0 Å². The van der Waals surface area contributed by atoms with Gasteiger partial charge in [-0.1, -0.05) is 6.07 Å². The Hall–Kier alpha value is -2.94. The molecule has 2 aromatic carbocycles. The van der Waals surface area contributed by atoms with Crippen LogP contribution in [0.2, 0.25) is 0 Å². The summed E-state index contributed by atoms with van der Waals surface area (Å²) in [7, 11) is 2.95. The molecule has 2 N–H and O–H groups in total. The third-order valence-electron chi connectivity index (χ3n) is 3.45. The third kappa shape index (κ3) is 6.07. The minimum atomic E-state index is -2.93. The standard InChI is InChI=1S/C18H19F2N3O3S/c1-11(12-7-8-15(26-17(19)20)16(9-12)25-3)22-23-18(27)21-13-5-4-6-14(10-13)24-2/h4-10,17H,1-3H3,(H2,21,23,27)/b22-11-. The van der Waals surface area contributed by atoms with Crippen molar-refractivity contribution < 1.29 is 23.0 Å². The van der Waals surface area contributed by atoms with Crippen LogP contribution in [0.5, 0.6) is 17.2 Å². The molecule has 0 aliphatic heterocycles. The zero-order valence-corrected chi connectivity index (χ0v) is 15.8. The molecule has 0 saturated heterocycles. The van der Waals surface area contributed by atoms with Gasteiger partial charge < -0.3 is 19.5 Å². The van der Waals surface area contributed by atoms with E-state index >= 15 is 0 Å². The number of hydrazone groups is 1. The monoisotopic (exact) mass is 395 g/mol. The molecule has 0 atom stereocenters. The summed E-state index contributed by atoms with van der Waals surface area (Å²) < 4.78 is 39.4. The van der Waals surface area contributed by atoms with Crippen LogP contribution in [0.4, 0.5) is 14.5 Å². The molecule has 0 aliphatic rings. The number of alkyl halides is 2. The first-order valence-corrected chi connectivity index (χ1v) is 8.22. The third-order valence-corrected chi connectivity index (χ3v) is 3.64. The van der Waals surface area contributed by atoms with Crippen molar-refractivity contribution in [3.8, 4) is 17.2 Å². The fourth-order valence-electron chi connectivity index (χ4n) is 2.15. The van der Waals surface area contributed by atoms with Crippen molar-refractivity contribution in [2.45, 2.75) is 13.5 Å². The van der Waals surface area contributed by atoms with Crippen LogP contribution in [0.1, 0.15) is 12.5 Å². The molecule has 0 unspecified atom stereocenters. The number of rotatable bonds is 7. The highest BCUT2D eigenvalue weighted by Crippen LogP contribution is 2.29. The van der Waals surface area contributed by atoms with Gasteiger partial charge in [-0.25, -0.2) is 0 Å². The summed E-state index contributed by atoms with van der Waals surface area (Å²) in [5, 5.41) is 7.45. The lowest BCUT2D eigenvalue weighted by atomic mass is 10.1. The molecule has 0 saturated carbocycles. The molecular weight excluding hydrogens is 376 g/mol. The van der Waals surface area contributed by atoms with Crippen molar-refractivity contribution in [3.63, 3.8) is 0 Å². The van der Waals surface area contributed by atoms with Gasteiger partial charge >= 0.3 is 6.61 Å². The van der Waals surface area contributed by atoms with E-state index in [2.05, 4.69) is 20.6 Å². The van der Waals surface area contributed by atoms with E-state index in [0.717, 1.165) is 5.69 Å². The van der Waals surface area contributed by atoms with Crippen molar-refractivity contribution in [2.24, 2.45) is 5.10 Å². The highest BCUT2D eigenvalue weighted by Gasteiger charge is 2.12. The maximum absolute atomic E-state index is 12.4. The summed E-state index contributed by atoms with van der Waals surface area (Å²) in [6.45, 7) is -1.19. The van der Waals surface area contributed by atoms with E-state index in [0.29, 0.717) is 17.0 Å². The highest BCUT2D eigenvalue weighted by molar-refractivity contribution is 7.80. The van der Waals surface area contributed by atoms with Crippen molar-refractivity contribution >= 4 is 28.7 Å². The number of nitrogens with zero attached hydrogens (tertiary/aromatic N) is 1. The average molecular weight is 395 g/mol. The van der Waals surface area contributed by atoms with Gasteiger partial charge in [0.2, 0.25) is 0 Å². The second kappa shape index (κ2) is 9.67. The fraction of sp³-hybridized carbons (Fsp3) is 0.222. The number of methoxy groups -OCH3 is 2. The van der Waals surface area contributed by atoms with Gasteiger partial charge in [0.15, 0.2) is 16.6 Å². The molecule has 0 heterocycles. The highest BCUT2D eigenvalue weighted by atomic mass is 32.1. The Morgan fingerprint density at radius 1 is 1.07 bits per heavy atom.